The van der Waals surface area contributed by atoms with Gasteiger partial charge in [-0.15, -0.1) is 0 Å². The molecule has 0 N–H and O–H groups in total. The van der Waals surface area contributed by atoms with Crippen LogP contribution in [0.2, 0.25) is 0 Å². The van der Waals surface area contributed by atoms with E-state index < -0.39 is 0 Å². The summed E-state index contributed by atoms with van der Waals surface area (Å²) in [6.45, 7) is 4.30. The van der Waals surface area contributed by atoms with E-state index in [0.717, 1.165) is 12.8 Å². The third-order valence-corrected chi connectivity index (χ3v) is 3.62. The summed E-state index contributed by atoms with van der Waals surface area (Å²) in [5.74, 6) is 0. The Morgan fingerprint density at radius 2 is 1.25 bits per heavy atom. The summed E-state index contributed by atoms with van der Waals surface area (Å²) in [6.07, 6.45) is 8.97. The fourth-order valence-corrected chi connectivity index (χ4v) is 2.43. The lowest BCUT2D eigenvalue weighted by Crippen LogP contribution is -1.86. The fraction of sp³-hybridized carbons (Fsp3) is 0.300. The summed E-state index contributed by atoms with van der Waals surface area (Å²) >= 11 is 0. The van der Waals surface area contributed by atoms with Crippen molar-refractivity contribution in [2.45, 2.75) is 39.5 Å². The number of rotatable bonds is 6. The predicted molar refractivity (Wildman–Crippen MR) is 89.0 cm³/mol. The SMILES string of the molecule is C/C=C/CCc1ccc(-c2ccc(CCC)cc2)cc1. The van der Waals surface area contributed by atoms with Crippen LogP contribution in [0, 0.1) is 0 Å². The van der Waals surface area contributed by atoms with Crippen LogP contribution in [0.3, 0.4) is 0 Å². The molecule has 2 aromatic rings. The van der Waals surface area contributed by atoms with Crippen molar-refractivity contribution in [1.29, 1.82) is 0 Å². The van der Waals surface area contributed by atoms with Crippen molar-refractivity contribution in [3.05, 3.63) is 71.8 Å². The first-order chi connectivity index (χ1) is 9.83. The Bertz CT molecular complexity index is 529. The second-order valence-electron chi connectivity index (χ2n) is 5.25. The molecule has 0 fully saturated rings. The van der Waals surface area contributed by atoms with Crippen LogP contribution >= 0.6 is 0 Å². The molecule has 0 saturated heterocycles. The van der Waals surface area contributed by atoms with Crippen molar-refractivity contribution in [3.63, 3.8) is 0 Å². The van der Waals surface area contributed by atoms with Gasteiger partial charge < -0.3 is 0 Å². The lowest BCUT2D eigenvalue weighted by Gasteiger charge is -2.05. The first kappa shape index (κ1) is 14.6. The first-order valence-electron chi connectivity index (χ1n) is 7.63. The normalized spacial score (nSPS) is 11.1. The summed E-state index contributed by atoms with van der Waals surface area (Å²) in [7, 11) is 0. The van der Waals surface area contributed by atoms with E-state index in [0.29, 0.717) is 0 Å². The van der Waals surface area contributed by atoms with Crippen molar-refractivity contribution >= 4 is 0 Å². The second-order valence-corrected chi connectivity index (χ2v) is 5.25. The van der Waals surface area contributed by atoms with Crippen LogP contribution in [0.1, 0.15) is 37.8 Å². The maximum Gasteiger partial charge on any atom is -0.0184 e. The summed E-state index contributed by atoms with van der Waals surface area (Å²) in [4.78, 5) is 0. The molecule has 0 atom stereocenters. The van der Waals surface area contributed by atoms with E-state index in [1.165, 1.54) is 35.1 Å². The maximum absolute atomic E-state index is 2.25. The third-order valence-electron chi connectivity index (χ3n) is 3.62. The Labute approximate surface area is 123 Å². The van der Waals surface area contributed by atoms with Gasteiger partial charge in [-0.2, -0.15) is 0 Å². The lowest BCUT2D eigenvalue weighted by molar-refractivity contribution is 0.922. The highest BCUT2D eigenvalue weighted by Crippen LogP contribution is 2.21. The molecule has 0 saturated carbocycles. The molecule has 0 amide bonds. The zero-order valence-corrected chi connectivity index (χ0v) is 12.6. The lowest BCUT2D eigenvalue weighted by atomic mass is 10.00. The molecule has 2 aromatic carbocycles. The molecular formula is C20H24. The van der Waals surface area contributed by atoms with Crippen molar-refractivity contribution in [2.75, 3.05) is 0 Å². The minimum absolute atomic E-state index is 1.13. The molecule has 0 nitrogen and oxygen atoms in total. The molecule has 20 heavy (non-hydrogen) atoms. The average molecular weight is 264 g/mol. The number of benzene rings is 2. The van der Waals surface area contributed by atoms with E-state index in [1.54, 1.807) is 0 Å². The Balaban J connectivity index is 2.05. The van der Waals surface area contributed by atoms with E-state index in [1.807, 2.05) is 0 Å². The van der Waals surface area contributed by atoms with Crippen molar-refractivity contribution in [3.8, 4) is 11.1 Å². The van der Waals surface area contributed by atoms with Crippen molar-refractivity contribution < 1.29 is 0 Å². The minimum Gasteiger partial charge on any atom is -0.0917 e. The van der Waals surface area contributed by atoms with Crippen molar-refractivity contribution in [2.24, 2.45) is 0 Å². The van der Waals surface area contributed by atoms with Gasteiger partial charge in [0.15, 0.2) is 0 Å². The Morgan fingerprint density at radius 3 is 1.70 bits per heavy atom. The molecule has 0 unspecified atom stereocenters. The van der Waals surface area contributed by atoms with E-state index in [9.17, 15) is 0 Å². The van der Waals surface area contributed by atoms with Gasteiger partial charge in [0.05, 0.1) is 0 Å². The summed E-state index contributed by atoms with van der Waals surface area (Å²) in [6, 6.07) is 17.9. The van der Waals surface area contributed by atoms with Gasteiger partial charge in [0.2, 0.25) is 0 Å². The summed E-state index contributed by atoms with van der Waals surface area (Å²) in [5, 5.41) is 0. The van der Waals surface area contributed by atoms with E-state index in [4.69, 9.17) is 0 Å². The molecule has 0 bridgehead atoms. The summed E-state index contributed by atoms with van der Waals surface area (Å²) in [5.41, 5.74) is 5.46. The average Bonchev–Trinajstić information content (AvgIpc) is 2.49. The van der Waals surface area contributed by atoms with Crippen LogP contribution < -0.4 is 0 Å². The minimum atomic E-state index is 1.13. The van der Waals surface area contributed by atoms with Crippen LogP contribution in [0.15, 0.2) is 60.7 Å². The molecule has 0 heteroatoms. The van der Waals surface area contributed by atoms with Crippen LogP contribution in [0.5, 0.6) is 0 Å². The zero-order chi connectivity index (χ0) is 14.2. The molecule has 0 aliphatic heterocycles. The van der Waals surface area contributed by atoms with Gasteiger partial charge in [0.25, 0.3) is 0 Å². The van der Waals surface area contributed by atoms with Gasteiger partial charge >= 0.3 is 0 Å². The van der Waals surface area contributed by atoms with Crippen LogP contribution in [-0.4, -0.2) is 0 Å². The fourth-order valence-electron chi connectivity index (χ4n) is 2.43. The van der Waals surface area contributed by atoms with Gasteiger partial charge in [-0.25, -0.2) is 0 Å². The highest BCUT2D eigenvalue weighted by Gasteiger charge is 1.99. The molecule has 0 radical (unpaired) electrons. The Hall–Kier alpha value is -1.82. The zero-order valence-electron chi connectivity index (χ0n) is 12.6. The van der Waals surface area contributed by atoms with Crippen molar-refractivity contribution in [1.82, 2.24) is 0 Å². The molecular weight excluding hydrogens is 240 g/mol. The number of aryl methyl sites for hydroxylation is 2. The smallest absolute Gasteiger partial charge is 0.0184 e. The quantitative estimate of drug-likeness (QED) is 0.577. The number of allylic oxidation sites excluding steroid dienone is 2. The Kier molecular flexibility index (Phi) is 5.61. The number of hydrogen-bond donors (Lipinski definition) is 0. The first-order valence-corrected chi connectivity index (χ1v) is 7.63. The molecule has 0 aliphatic carbocycles. The van der Waals surface area contributed by atoms with Gasteiger partial charge in [0.1, 0.15) is 0 Å². The molecule has 0 aliphatic rings. The van der Waals surface area contributed by atoms with Gasteiger partial charge in [0, 0.05) is 0 Å². The van der Waals surface area contributed by atoms with E-state index >= 15 is 0 Å². The monoisotopic (exact) mass is 264 g/mol. The second kappa shape index (κ2) is 7.69. The van der Waals surface area contributed by atoms with Crippen LogP contribution in [0.25, 0.3) is 11.1 Å². The predicted octanol–water partition coefficient (Wildman–Crippen LogP) is 5.81. The molecule has 104 valence electrons. The van der Waals surface area contributed by atoms with Gasteiger partial charge in [-0.3, -0.25) is 0 Å². The standard InChI is InChI=1S/C20H24/c1-3-5-6-8-18-11-15-20(16-12-18)19-13-9-17(7-4-2)10-14-19/h3,5,9-16H,4,6-8H2,1-2H3/b5-3+. The number of hydrogen-bond acceptors (Lipinski definition) is 0. The van der Waals surface area contributed by atoms with E-state index in [2.05, 4.69) is 74.5 Å². The van der Waals surface area contributed by atoms with Gasteiger partial charge in [-0.1, -0.05) is 74.0 Å². The molecule has 0 spiro atoms. The van der Waals surface area contributed by atoms with Gasteiger partial charge in [-0.05, 0) is 48.4 Å². The highest BCUT2D eigenvalue weighted by molar-refractivity contribution is 5.63. The summed E-state index contributed by atoms with van der Waals surface area (Å²) < 4.78 is 0. The third kappa shape index (κ3) is 4.09. The molecule has 2 rings (SSSR count). The Morgan fingerprint density at radius 1 is 0.750 bits per heavy atom. The molecule has 0 heterocycles. The van der Waals surface area contributed by atoms with Crippen LogP contribution in [0.4, 0.5) is 0 Å². The topological polar surface area (TPSA) is 0 Å². The molecule has 0 aromatic heterocycles. The van der Waals surface area contributed by atoms with E-state index in [-0.39, 0.29) is 0 Å². The highest BCUT2D eigenvalue weighted by atomic mass is 14.0. The maximum atomic E-state index is 2.25. The van der Waals surface area contributed by atoms with Crippen LogP contribution in [-0.2, 0) is 12.8 Å². The largest absolute Gasteiger partial charge is 0.0917 e.